The van der Waals surface area contributed by atoms with E-state index in [0.29, 0.717) is 5.56 Å². The smallest absolute Gasteiger partial charge is 0.271 e. The first-order valence-electron chi connectivity index (χ1n) is 7.00. The molecule has 0 unspecified atom stereocenters. The first-order chi connectivity index (χ1) is 12.0. The Kier molecular flexibility index (Phi) is 4.48. The lowest BCUT2D eigenvalue weighted by atomic mass is 10.2. The van der Waals surface area contributed by atoms with Gasteiger partial charge in [-0.3, -0.25) is 19.5 Å². The quantitative estimate of drug-likeness (QED) is 0.481. The summed E-state index contributed by atoms with van der Waals surface area (Å²) in [6.07, 6.45) is 4.56. The van der Waals surface area contributed by atoms with Gasteiger partial charge in [0.15, 0.2) is 0 Å². The van der Waals surface area contributed by atoms with Gasteiger partial charge in [0.25, 0.3) is 11.8 Å². The van der Waals surface area contributed by atoms with Crippen molar-refractivity contribution in [3.8, 4) is 0 Å². The highest BCUT2D eigenvalue weighted by atomic mass is 79.9. The molecule has 3 amide bonds. The second kappa shape index (κ2) is 6.73. The molecule has 0 saturated carbocycles. The number of aromatic amines is 1. The van der Waals surface area contributed by atoms with E-state index in [-0.39, 0.29) is 17.9 Å². The van der Waals surface area contributed by atoms with Gasteiger partial charge in [-0.05, 0) is 28.1 Å². The summed E-state index contributed by atoms with van der Waals surface area (Å²) in [5.74, 6) is -1.72. The van der Waals surface area contributed by atoms with Crippen LogP contribution in [0.2, 0.25) is 0 Å². The van der Waals surface area contributed by atoms with Crippen LogP contribution in [0.15, 0.2) is 35.2 Å². The molecule has 0 atom stereocenters. The third-order valence-electron chi connectivity index (χ3n) is 3.27. The Labute approximate surface area is 148 Å². The molecule has 0 bridgehead atoms. The molecule has 11 heteroatoms. The Morgan fingerprint density at radius 1 is 1.28 bits per heavy atom. The standard InChI is InChI=1S/C14H12BrN7O3/c15-8-4-19-22-2-1-7(3-10(8)22)13(24)20-9-5-18-21-12(9)14(25)17-6-11(16)23/h1-5H,6H2,(H2,16,23)(H,17,25)(H,18,21)(H,20,24). The fraction of sp³-hybridized carbons (Fsp3) is 0.0714. The Morgan fingerprint density at radius 3 is 2.84 bits per heavy atom. The molecule has 0 aromatic carbocycles. The van der Waals surface area contributed by atoms with Crippen LogP contribution in [0, 0.1) is 0 Å². The largest absolute Gasteiger partial charge is 0.368 e. The molecule has 3 aromatic rings. The first-order valence-corrected chi connectivity index (χ1v) is 7.79. The second-order valence-corrected chi connectivity index (χ2v) is 5.85. The summed E-state index contributed by atoms with van der Waals surface area (Å²) < 4.78 is 2.36. The molecule has 0 aliphatic rings. The van der Waals surface area contributed by atoms with E-state index >= 15 is 0 Å². The van der Waals surface area contributed by atoms with Gasteiger partial charge in [-0.25, -0.2) is 4.52 Å². The normalized spacial score (nSPS) is 10.6. The van der Waals surface area contributed by atoms with E-state index in [0.717, 1.165) is 9.99 Å². The van der Waals surface area contributed by atoms with E-state index in [1.807, 2.05) is 0 Å². The molecule has 0 aliphatic carbocycles. The molecule has 3 heterocycles. The maximum Gasteiger partial charge on any atom is 0.271 e. The second-order valence-electron chi connectivity index (χ2n) is 5.00. The maximum absolute atomic E-state index is 12.4. The lowest BCUT2D eigenvalue weighted by Gasteiger charge is -2.06. The molecule has 10 nitrogen and oxygen atoms in total. The van der Waals surface area contributed by atoms with Crippen LogP contribution in [0.25, 0.3) is 5.52 Å². The van der Waals surface area contributed by atoms with Crippen molar-refractivity contribution in [2.45, 2.75) is 0 Å². The third kappa shape index (κ3) is 3.50. The van der Waals surface area contributed by atoms with Crippen molar-refractivity contribution in [1.29, 1.82) is 0 Å². The highest BCUT2D eigenvalue weighted by Crippen LogP contribution is 2.19. The highest BCUT2D eigenvalue weighted by molar-refractivity contribution is 9.10. The summed E-state index contributed by atoms with van der Waals surface area (Å²) >= 11 is 3.35. The van der Waals surface area contributed by atoms with Crippen LogP contribution in [0.1, 0.15) is 20.8 Å². The summed E-state index contributed by atoms with van der Waals surface area (Å²) in [7, 11) is 0. The topological polar surface area (TPSA) is 147 Å². The molecule has 0 aliphatic heterocycles. The zero-order chi connectivity index (χ0) is 18.0. The molecular formula is C14H12BrN7O3. The summed E-state index contributed by atoms with van der Waals surface area (Å²) in [5.41, 5.74) is 6.27. The van der Waals surface area contributed by atoms with Crippen molar-refractivity contribution in [3.63, 3.8) is 0 Å². The van der Waals surface area contributed by atoms with Crippen LogP contribution < -0.4 is 16.4 Å². The summed E-state index contributed by atoms with van der Waals surface area (Å²) in [4.78, 5) is 35.1. The number of carbonyl (C=O) groups excluding carboxylic acids is 3. The molecule has 3 aromatic heterocycles. The number of H-pyrrole nitrogens is 1. The van der Waals surface area contributed by atoms with Crippen LogP contribution >= 0.6 is 15.9 Å². The van der Waals surface area contributed by atoms with Crippen LogP contribution in [-0.2, 0) is 4.79 Å². The molecule has 0 saturated heterocycles. The number of hydrogen-bond donors (Lipinski definition) is 4. The number of nitrogens with one attached hydrogen (secondary N) is 3. The average Bonchev–Trinajstić information content (AvgIpc) is 3.19. The Morgan fingerprint density at radius 2 is 2.08 bits per heavy atom. The fourth-order valence-electron chi connectivity index (χ4n) is 2.10. The lowest BCUT2D eigenvalue weighted by molar-refractivity contribution is -0.117. The number of amides is 3. The van der Waals surface area contributed by atoms with Crippen LogP contribution in [-0.4, -0.2) is 44.1 Å². The molecule has 5 N–H and O–H groups in total. The molecule has 0 radical (unpaired) electrons. The van der Waals surface area contributed by atoms with E-state index in [1.54, 1.807) is 29.0 Å². The number of halogens is 1. The van der Waals surface area contributed by atoms with Crippen molar-refractivity contribution >= 4 is 44.9 Å². The number of hydrogen-bond acceptors (Lipinski definition) is 5. The van der Waals surface area contributed by atoms with Crippen molar-refractivity contribution < 1.29 is 14.4 Å². The molecule has 128 valence electrons. The zero-order valence-corrected chi connectivity index (χ0v) is 14.2. The molecule has 0 fully saturated rings. The number of aromatic nitrogens is 4. The predicted octanol–water partition coefficient (Wildman–Crippen LogP) is 0.287. The van der Waals surface area contributed by atoms with Gasteiger partial charge in [-0.1, -0.05) is 0 Å². The lowest BCUT2D eigenvalue weighted by Crippen LogP contribution is -2.34. The highest BCUT2D eigenvalue weighted by Gasteiger charge is 2.17. The van der Waals surface area contributed by atoms with Crippen molar-refractivity contribution in [3.05, 3.63) is 46.5 Å². The number of fused-ring (bicyclic) bond motifs is 1. The van der Waals surface area contributed by atoms with E-state index in [9.17, 15) is 14.4 Å². The minimum Gasteiger partial charge on any atom is -0.368 e. The first kappa shape index (κ1) is 16.6. The van der Waals surface area contributed by atoms with Crippen LogP contribution in [0.4, 0.5) is 5.69 Å². The number of anilines is 1. The molecule has 25 heavy (non-hydrogen) atoms. The van der Waals surface area contributed by atoms with E-state index in [1.165, 1.54) is 6.20 Å². The SMILES string of the molecule is NC(=O)CNC(=O)c1[nH]ncc1NC(=O)c1ccn2ncc(Br)c2c1. The van der Waals surface area contributed by atoms with Gasteiger partial charge in [0.05, 0.1) is 34.6 Å². The predicted molar refractivity (Wildman–Crippen MR) is 91.0 cm³/mol. The Balaban J connectivity index is 1.78. The van der Waals surface area contributed by atoms with E-state index in [4.69, 9.17) is 5.73 Å². The third-order valence-corrected chi connectivity index (χ3v) is 3.89. The summed E-state index contributed by atoms with van der Waals surface area (Å²) in [6, 6.07) is 3.24. The van der Waals surface area contributed by atoms with Gasteiger partial charge < -0.3 is 16.4 Å². The zero-order valence-electron chi connectivity index (χ0n) is 12.6. The van der Waals surface area contributed by atoms with Gasteiger partial charge in [0.1, 0.15) is 5.69 Å². The fourth-order valence-corrected chi connectivity index (χ4v) is 2.48. The minimum absolute atomic E-state index is 0.0150. The van der Waals surface area contributed by atoms with Gasteiger partial charge in [0.2, 0.25) is 5.91 Å². The Bertz CT molecular complexity index is 978. The summed E-state index contributed by atoms with van der Waals surface area (Å²) in [6.45, 7) is -0.322. The number of primary amides is 1. The number of carbonyl (C=O) groups is 3. The van der Waals surface area contributed by atoms with Crippen LogP contribution in [0.5, 0.6) is 0 Å². The van der Waals surface area contributed by atoms with Crippen molar-refractivity contribution in [2.75, 3.05) is 11.9 Å². The number of pyridine rings is 1. The van der Waals surface area contributed by atoms with E-state index in [2.05, 4.69) is 41.9 Å². The maximum atomic E-state index is 12.4. The molecular weight excluding hydrogens is 394 g/mol. The van der Waals surface area contributed by atoms with Gasteiger partial charge in [0, 0.05) is 11.8 Å². The molecule has 0 spiro atoms. The monoisotopic (exact) mass is 405 g/mol. The van der Waals surface area contributed by atoms with Crippen molar-refractivity contribution in [2.24, 2.45) is 5.73 Å². The van der Waals surface area contributed by atoms with Crippen LogP contribution in [0.3, 0.4) is 0 Å². The average molecular weight is 406 g/mol. The summed E-state index contributed by atoms with van der Waals surface area (Å²) in [5, 5.41) is 15.2. The van der Waals surface area contributed by atoms with Gasteiger partial charge in [-0.15, -0.1) is 0 Å². The minimum atomic E-state index is -0.682. The van der Waals surface area contributed by atoms with Gasteiger partial charge >= 0.3 is 0 Å². The number of rotatable bonds is 5. The number of nitrogens with two attached hydrogens (primary N) is 1. The van der Waals surface area contributed by atoms with Gasteiger partial charge in [-0.2, -0.15) is 10.2 Å². The number of nitrogens with zero attached hydrogens (tertiary/aromatic N) is 3. The van der Waals surface area contributed by atoms with E-state index < -0.39 is 17.7 Å². The Hall–Kier alpha value is -3.21. The van der Waals surface area contributed by atoms with Crippen molar-refractivity contribution in [1.82, 2.24) is 25.1 Å². The molecule has 3 rings (SSSR count).